The molecule has 0 aliphatic rings. The van der Waals surface area contributed by atoms with Gasteiger partial charge in [-0.05, 0) is 24.8 Å². The highest BCUT2D eigenvalue weighted by molar-refractivity contribution is 14.0. The number of aliphatic imine (C=N–C) groups is 1. The van der Waals surface area contributed by atoms with Crippen LogP contribution in [0.1, 0.15) is 48.8 Å². The van der Waals surface area contributed by atoms with E-state index in [1.807, 2.05) is 18.5 Å². The van der Waals surface area contributed by atoms with E-state index in [1.165, 1.54) is 5.56 Å². The summed E-state index contributed by atoms with van der Waals surface area (Å²) in [5.74, 6) is 2.21. The van der Waals surface area contributed by atoms with Crippen molar-refractivity contribution in [2.45, 2.75) is 52.7 Å². The molecule has 2 heterocycles. The molecule has 0 saturated heterocycles. The van der Waals surface area contributed by atoms with Crippen molar-refractivity contribution in [2.24, 2.45) is 4.99 Å². The van der Waals surface area contributed by atoms with Gasteiger partial charge in [0.05, 0.1) is 12.2 Å². The van der Waals surface area contributed by atoms with Crippen LogP contribution < -0.4 is 10.6 Å². The molecule has 0 fully saturated rings. The van der Waals surface area contributed by atoms with Crippen LogP contribution in [0.2, 0.25) is 0 Å². The van der Waals surface area contributed by atoms with Gasteiger partial charge in [-0.1, -0.05) is 44.2 Å². The van der Waals surface area contributed by atoms with Gasteiger partial charge in [-0.3, -0.25) is 0 Å². The number of hydrogen-bond acceptors (Lipinski definition) is 4. The Morgan fingerprint density at radius 2 is 2.00 bits per heavy atom. The molecule has 0 radical (unpaired) electrons. The van der Waals surface area contributed by atoms with Crippen LogP contribution >= 0.6 is 35.3 Å². The van der Waals surface area contributed by atoms with Gasteiger partial charge in [0.15, 0.2) is 5.96 Å². The first kappa shape index (κ1) is 24.3. The molecule has 6 nitrogen and oxygen atoms in total. The highest BCUT2D eigenvalue weighted by Gasteiger charge is 2.07. The van der Waals surface area contributed by atoms with Crippen LogP contribution in [-0.2, 0) is 26.1 Å². The molecule has 0 aliphatic carbocycles. The predicted octanol–water partition coefficient (Wildman–Crippen LogP) is 4.58. The summed E-state index contributed by atoms with van der Waals surface area (Å²) in [6.07, 6.45) is 4.85. The van der Waals surface area contributed by atoms with E-state index >= 15 is 0 Å². The second-order valence-electron chi connectivity index (χ2n) is 7.14. The first-order chi connectivity index (χ1) is 14.2. The molecule has 0 spiro atoms. The Labute approximate surface area is 200 Å². The Bertz CT molecular complexity index is 903. The Balaban J connectivity index is 0.00000320. The lowest BCUT2D eigenvalue weighted by Gasteiger charge is -2.11. The molecule has 3 rings (SSSR count). The van der Waals surface area contributed by atoms with Gasteiger partial charge in [-0.2, -0.15) is 0 Å². The Kier molecular flexibility index (Phi) is 10.3. The average Bonchev–Trinajstić information content (AvgIpc) is 3.39. The zero-order valence-corrected chi connectivity index (χ0v) is 21.0. The summed E-state index contributed by atoms with van der Waals surface area (Å²) < 4.78 is 2.18. The van der Waals surface area contributed by atoms with E-state index in [-0.39, 0.29) is 24.0 Å². The average molecular weight is 539 g/mol. The summed E-state index contributed by atoms with van der Waals surface area (Å²) in [7, 11) is 0. The first-order valence-electron chi connectivity index (χ1n) is 10.2. The van der Waals surface area contributed by atoms with Crippen molar-refractivity contribution in [3.63, 3.8) is 0 Å². The van der Waals surface area contributed by atoms with Crippen LogP contribution in [0.25, 0.3) is 0 Å². The number of hydrogen-bond donors (Lipinski definition) is 2. The lowest BCUT2D eigenvalue weighted by Crippen LogP contribution is -2.36. The molecule has 0 amide bonds. The van der Waals surface area contributed by atoms with Crippen LogP contribution in [-0.4, -0.2) is 27.0 Å². The number of benzene rings is 1. The van der Waals surface area contributed by atoms with Crippen molar-refractivity contribution in [1.82, 2.24) is 25.2 Å². The van der Waals surface area contributed by atoms with E-state index in [2.05, 4.69) is 75.6 Å². The highest BCUT2D eigenvalue weighted by Crippen LogP contribution is 2.17. The predicted molar refractivity (Wildman–Crippen MR) is 136 cm³/mol. The third-order valence-electron chi connectivity index (χ3n) is 4.58. The van der Waals surface area contributed by atoms with Gasteiger partial charge in [-0.25, -0.2) is 15.0 Å². The molecule has 3 aromatic rings. The van der Waals surface area contributed by atoms with E-state index in [4.69, 9.17) is 4.99 Å². The van der Waals surface area contributed by atoms with Gasteiger partial charge in [0.1, 0.15) is 17.4 Å². The quantitative estimate of drug-likeness (QED) is 0.238. The number of rotatable bonds is 9. The minimum Gasteiger partial charge on any atom is -0.357 e. The van der Waals surface area contributed by atoms with Crippen LogP contribution in [0.4, 0.5) is 0 Å². The van der Waals surface area contributed by atoms with Crippen LogP contribution in [0, 0.1) is 0 Å². The van der Waals surface area contributed by atoms with E-state index in [0.29, 0.717) is 19.0 Å². The molecule has 8 heteroatoms. The molecule has 0 aliphatic heterocycles. The third-order valence-corrected chi connectivity index (χ3v) is 5.44. The van der Waals surface area contributed by atoms with E-state index in [9.17, 15) is 0 Å². The van der Waals surface area contributed by atoms with Crippen molar-refractivity contribution < 1.29 is 0 Å². The topological polar surface area (TPSA) is 67.1 Å². The number of aromatic nitrogens is 3. The van der Waals surface area contributed by atoms with Crippen molar-refractivity contribution in [3.05, 3.63) is 70.2 Å². The lowest BCUT2D eigenvalue weighted by molar-refractivity contribution is 0.649. The number of thiazole rings is 1. The Morgan fingerprint density at radius 3 is 2.70 bits per heavy atom. The third kappa shape index (κ3) is 7.39. The van der Waals surface area contributed by atoms with Gasteiger partial charge >= 0.3 is 0 Å². The largest absolute Gasteiger partial charge is 0.357 e. The summed E-state index contributed by atoms with van der Waals surface area (Å²) in [5.41, 5.74) is 2.48. The number of guanidine groups is 1. The molecular weight excluding hydrogens is 507 g/mol. The van der Waals surface area contributed by atoms with Crippen LogP contribution in [0.5, 0.6) is 0 Å². The molecule has 0 saturated carbocycles. The van der Waals surface area contributed by atoms with Crippen molar-refractivity contribution in [1.29, 1.82) is 0 Å². The molecule has 0 bridgehead atoms. The summed E-state index contributed by atoms with van der Waals surface area (Å²) in [6.45, 7) is 9.31. The monoisotopic (exact) mass is 538 g/mol. The number of aryl methyl sites for hydroxylation is 2. The summed E-state index contributed by atoms with van der Waals surface area (Å²) in [6, 6.07) is 10.5. The smallest absolute Gasteiger partial charge is 0.192 e. The maximum absolute atomic E-state index is 4.72. The maximum Gasteiger partial charge on any atom is 0.192 e. The second kappa shape index (κ2) is 12.7. The van der Waals surface area contributed by atoms with Gasteiger partial charge in [-0.15, -0.1) is 35.3 Å². The molecule has 1 aromatic carbocycles. The minimum atomic E-state index is 0. The maximum atomic E-state index is 4.72. The van der Waals surface area contributed by atoms with Crippen LogP contribution in [0.3, 0.4) is 0 Å². The summed E-state index contributed by atoms with van der Waals surface area (Å²) in [5, 5.41) is 9.89. The number of nitrogens with zero attached hydrogens (tertiary/aromatic N) is 4. The van der Waals surface area contributed by atoms with Gasteiger partial charge < -0.3 is 15.2 Å². The fraction of sp³-hybridized carbons (Fsp3) is 0.409. The normalized spacial score (nSPS) is 11.4. The molecule has 0 unspecified atom stereocenters. The van der Waals surface area contributed by atoms with Gasteiger partial charge in [0.2, 0.25) is 0 Å². The molecule has 162 valence electrons. The van der Waals surface area contributed by atoms with Crippen LogP contribution in [0.15, 0.2) is 53.1 Å². The SMILES string of the molecule is CCNC(=NCc1nccn1CCc1ccccc1)NCc1nc(C(C)C)cs1.I. The fourth-order valence-electron chi connectivity index (χ4n) is 2.91. The van der Waals surface area contributed by atoms with E-state index in [1.54, 1.807) is 11.3 Å². The Morgan fingerprint density at radius 1 is 1.20 bits per heavy atom. The van der Waals surface area contributed by atoms with Gasteiger partial charge in [0.25, 0.3) is 0 Å². The van der Waals surface area contributed by atoms with Crippen molar-refractivity contribution in [2.75, 3.05) is 6.54 Å². The molecule has 0 atom stereocenters. The fourth-order valence-corrected chi connectivity index (χ4v) is 3.81. The van der Waals surface area contributed by atoms with Crippen molar-refractivity contribution in [3.8, 4) is 0 Å². The second-order valence-corrected chi connectivity index (χ2v) is 8.08. The summed E-state index contributed by atoms with van der Waals surface area (Å²) in [4.78, 5) is 13.9. The zero-order chi connectivity index (χ0) is 20.5. The van der Waals surface area contributed by atoms with Gasteiger partial charge in [0, 0.05) is 30.9 Å². The molecule has 2 N–H and O–H groups in total. The highest BCUT2D eigenvalue weighted by atomic mass is 127. The Hall–Kier alpha value is -1.94. The number of halogens is 1. The van der Waals surface area contributed by atoms with E-state index in [0.717, 1.165) is 42.0 Å². The molecule has 30 heavy (non-hydrogen) atoms. The number of imidazole rings is 1. The van der Waals surface area contributed by atoms with E-state index < -0.39 is 0 Å². The molecule has 2 aromatic heterocycles. The lowest BCUT2D eigenvalue weighted by atomic mass is 10.1. The standard InChI is InChI=1S/C22H30N6S.HI/c1-4-23-22(26-15-21-27-19(16-29-21)17(2)3)25-14-20-24-11-13-28(20)12-10-18-8-6-5-7-9-18;/h5-9,11,13,16-17H,4,10,12,14-15H2,1-3H3,(H2,23,25,26);1H. The zero-order valence-electron chi connectivity index (χ0n) is 17.8. The first-order valence-corrected chi connectivity index (χ1v) is 11.0. The summed E-state index contributed by atoms with van der Waals surface area (Å²) >= 11 is 1.69. The number of nitrogens with one attached hydrogen (secondary N) is 2. The molecular formula is C22H31IN6S. The van der Waals surface area contributed by atoms with Crippen molar-refractivity contribution >= 4 is 41.3 Å². The minimum absolute atomic E-state index is 0.